The largest absolute Gasteiger partial charge is 0.468 e. The van der Waals surface area contributed by atoms with Crippen LogP contribution in [0.1, 0.15) is 88.8 Å². The molecule has 1 aromatic rings. The monoisotopic (exact) mass is 482 g/mol. The molecule has 190 valence electrons. The number of aliphatic hydroxyl groups excluding tert-OH is 1. The minimum atomic E-state index is -0.947. The van der Waals surface area contributed by atoms with Gasteiger partial charge in [0.2, 0.25) is 0 Å². The molecule has 2 atom stereocenters. The highest BCUT2D eigenvalue weighted by Gasteiger charge is 2.68. The smallest absolute Gasteiger partial charge is 0.312 e. The van der Waals surface area contributed by atoms with Crippen molar-refractivity contribution in [1.82, 2.24) is 0 Å². The number of carbonyl (C=O) groups is 2. The molecule has 5 nitrogen and oxygen atoms in total. The van der Waals surface area contributed by atoms with Crippen LogP contribution in [0.4, 0.5) is 0 Å². The van der Waals surface area contributed by atoms with E-state index in [1.807, 2.05) is 46.8 Å². The minimum Gasteiger partial charge on any atom is -0.468 e. The average molecular weight is 483 g/mol. The summed E-state index contributed by atoms with van der Waals surface area (Å²) in [5, 5.41) is 9.33. The molecule has 0 saturated carbocycles. The van der Waals surface area contributed by atoms with Gasteiger partial charge in [-0.05, 0) is 40.7 Å². The molecule has 1 rings (SSSR count). The van der Waals surface area contributed by atoms with Crippen LogP contribution >= 0.6 is 11.8 Å². The summed E-state index contributed by atoms with van der Waals surface area (Å²) >= 11 is 1.27. The van der Waals surface area contributed by atoms with Crippen LogP contribution in [0.3, 0.4) is 0 Å². The zero-order valence-corrected chi connectivity index (χ0v) is 23.7. The number of furan rings is 1. The van der Waals surface area contributed by atoms with Gasteiger partial charge in [-0.25, -0.2) is 0 Å². The molecule has 0 saturated heterocycles. The van der Waals surface area contributed by atoms with Crippen LogP contribution in [0.5, 0.6) is 0 Å². The molecular formula is C27H46O5S. The Kier molecular flexibility index (Phi) is 8.81. The third kappa shape index (κ3) is 4.93. The van der Waals surface area contributed by atoms with E-state index >= 15 is 0 Å². The van der Waals surface area contributed by atoms with E-state index in [-0.39, 0.29) is 24.3 Å². The van der Waals surface area contributed by atoms with Crippen molar-refractivity contribution in [3.63, 3.8) is 0 Å². The van der Waals surface area contributed by atoms with Gasteiger partial charge in [0.05, 0.1) is 24.0 Å². The molecule has 0 spiro atoms. The molecule has 0 aliphatic carbocycles. The van der Waals surface area contributed by atoms with Gasteiger partial charge in [-0.2, -0.15) is 0 Å². The van der Waals surface area contributed by atoms with E-state index in [9.17, 15) is 14.7 Å². The van der Waals surface area contributed by atoms with Crippen molar-refractivity contribution in [2.24, 2.45) is 32.5 Å². The molecule has 1 N–H and O–H groups in total. The quantitative estimate of drug-likeness (QED) is 0.393. The summed E-state index contributed by atoms with van der Waals surface area (Å²) in [7, 11) is 0. The number of carbonyl (C=O) groups excluding carboxylic acids is 2. The lowest BCUT2D eigenvalue weighted by Crippen LogP contribution is -2.64. The molecule has 0 aromatic carbocycles. The van der Waals surface area contributed by atoms with E-state index in [2.05, 4.69) is 48.5 Å². The Bertz CT molecular complexity index is 811. The Morgan fingerprint density at radius 3 is 1.76 bits per heavy atom. The number of rotatable bonds is 9. The lowest BCUT2D eigenvalue weighted by atomic mass is 9.39. The zero-order valence-electron chi connectivity index (χ0n) is 22.8. The van der Waals surface area contributed by atoms with Crippen molar-refractivity contribution >= 4 is 22.8 Å². The topological polar surface area (TPSA) is 76.7 Å². The normalized spacial score (nSPS) is 17.2. The summed E-state index contributed by atoms with van der Waals surface area (Å²) in [4.78, 5) is 27.5. The number of aliphatic hydroxyl groups is 1. The second-order valence-corrected chi connectivity index (χ2v) is 13.5. The van der Waals surface area contributed by atoms with Crippen molar-refractivity contribution in [2.45, 2.75) is 88.8 Å². The highest BCUT2D eigenvalue weighted by molar-refractivity contribution is 8.13. The molecule has 6 heteroatoms. The lowest BCUT2D eigenvalue weighted by molar-refractivity contribution is -0.205. The molecule has 33 heavy (non-hydrogen) atoms. The Hall–Kier alpha value is -1.27. The molecule has 1 heterocycles. The predicted molar refractivity (Wildman–Crippen MR) is 136 cm³/mol. The molecule has 0 aliphatic heterocycles. The van der Waals surface area contributed by atoms with E-state index in [0.717, 1.165) is 5.76 Å². The standard InChI is InChI=1S/C27H46O5S/c1-22(2,3)26(11,20(29)32-17-15-28)24(7,8)25(9,10)27(12,23(4,5)6)21(30)33-18-19-14-13-16-31-19/h13-14,16,28H,15,17-18H2,1-12H3. The van der Waals surface area contributed by atoms with E-state index in [4.69, 9.17) is 9.15 Å². The molecule has 0 amide bonds. The maximum Gasteiger partial charge on any atom is 0.312 e. The molecule has 0 aliphatic rings. The van der Waals surface area contributed by atoms with Gasteiger partial charge in [0.15, 0.2) is 5.12 Å². The molecule has 0 bridgehead atoms. The van der Waals surface area contributed by atoms with Crippen LogP contribution in [0.2, 0.25) is 0 Å². The van der Waals surface area contributed by atoms with Crippen LogP contribution in [0.15, 0.2) is 22.8 Å². The third-order valence-corrected chi connectivity index (χ3v) is 10.2. The van der Waals surface area contributed by atoms with Crippen LogP contribution in [0.25, 0.3) is 0 Å². The van der Waals surface area contributed by atoms with Gasteiger partial charge in [0, 0.05) is 5.41 Å². The number of hydrogen-bond donors (Lipinski definition) is 1. The molecule has 0 radical (unpaired) electrons. The maximum absolute atomic E-state index is 14.0. The first kappa shape index (κ1) is 29.8. The van der Waals surface area contributed by atoms with Crippen LogP contribution < -0.4 is 0 Å². The van der Waals surface area contributed by atoms with Crippen LogP contribution in [0, 0.1) is 32.5 Å². The fraction of sp³-hybridized carbons (Fsp3) is 0.778. The van der Waals surface area contributed by atoms with Gasteiger partial charge in [0.1, 0.15) is 12.4 Å². The maximum atomic E-state index is 14.0. The Labute approximate surface area is 205 Å². The van der Waals surface area contributed by atoms with Crippen LogP contribution in [-0.2, 0) is 20.1 Å². The van der Waals surface area contributed by atoms with Crippen molar-refractivity contribution in [3.05, 3.63) is 24.2 Å². The lowest BCUT2D eigenvalue weighted by Gasteiger charge is -2.64. The molecule has 0 fully saturated rings. The van der Waals surface area contributed by atoms with E-state index in [1.165, 1.54) is 11.8 Å². The number of ether oxygens (including phenoxy) is 1. The molecule has 1 aromatic heterocycles. The van der Waals surface area contributed by atoms with Crippen molar-refractivity contribution in [1.29, 1.82) is 0 Å². The van der Waals surface area contributed by atoms with Gasteiger partial charge in [-0.1, -0.05) is 87.9 Å². The van der Waals surface area contributed by atoms with Gasteiger partial charge in [-0.3, -0.25) is 9.59 Å². The zero-order chi connectivity index (χ0) is 26.1. The van der Waals surface area contributed by atoms with Gasteiger partial charge >= 0.3 is 5.97 Å². The highest BCUT2D eigenvalue weighted by atomic mass is 32.2. The summed E-state index contributed by atoms with van der Waals surface area (Å²) in [5.74, 6) is 0.867. The van der Waals surface area contributed by atoms with Crippen molar-refractivity contribution in [3.8, 4) is 0 Å². The minimum absolute atomic E-state index is 0.0462. The second kappa shape index (κ2) is 9.77. The molecular weight excluding hydrogens is 436 g/mol. The van der Waals surface area contributed by atoms with E-state index in [1.54, 1.807) is 6.26 Å². The number of esters is 1. The number of hydrogen-bond acceptors (Lipinski definition) is 6. The predicted octanol–water partition coefficient (Wildman–Crippen LogP) is 6.73. The fourth-order valence-corrected chi connectivity index (χ4v) is 6.49. The highest BCUT2D eigenvalue weighted by Crippen LogP contribution is 2.68. The summed E-state index contributed by atoms with van der Waals surface area (Å²) < 4.78 is 11.0. The summed E-state index contributed by atoms with van der Waals surface area (Å²) in [5.41, 5.74) is -3.92. The summed E-state index contributed by atoms with van der Waals surface area (Å²) in [6.07, 6.45) is 1.61. The Morgan fingerprint density at radius 1 is 0.879 bits per heavy atom. The van der Waals surface area contributed by atoms with Crippen molar-refractivity contribution < 1.29 is 23.8 Å². The first-order chi connectivity index (χ1) is 14.7. The molecule has 2 unspecified atom stereocenters. The van der Waals surface area contributed by atoms with Gasteiger partial charge < -0.3 is 14.3 Å². The summed E-state index contributed by atoms with van der Waals surface area (Å²) in [6.45, 7) is 24.4. The fourth-order valence-electron chi connectivity index (χ4n) is 5.21. The van der Waals surface area contributed by atoms with E-state index < -0.39 is 32.5 Å². The second-order valence-electron chi connectivity index (χ2n) is 12.5. The van der Waals surface area contributed by atoms with E-state index in [0.29, 0.717) is 5.75 Å². The first-order valence-corrected chi connectivity index (χ1v) is 12.7. The average Bonchev–Trinajstić information content (AvgIpc) is 3.20. The van der Waals surface area contributed by atoms with Crippen LogP contribution in [-0.4, -0.2) is 29.4 Å². The Balaban J connectivity index is 3.64. The van der Waals surface area contributed by atoms with Gasteiger partial charge in [-0.15, -0.1) is 0 Å². The number of thioether (sulfide) groups is 1. The van der Waals surface area contributed by atoms with Crippen molar-refractivity contribution in [2.75, 3.05) is 13.2 Å². The Morgan fingerprint density at radius 2 is 1.36 bits per heavy atom. The first-order valence-electron chi connectivity index (χ1n) is 11.7. The SMILES string of the molecule is CC(C)(C)C(C)(C(=O)OCCO)C(C)(C)C(C)(C)C(C)(C(=O)SCc1ccco1)C(C)(C)C. The summed E-state index contributed by atoms with van der Waals surface area (Å²) in [6, 6.07) is 3.70. The van der Waals surface area contributed by atoms with Gasteiger partial charge in [0.25, 0.3) is 0 Å². The third-order valence-electron chi connectivity index (χ3n) is 9.13.